The molecule has 0 bridgehead atoms. The van der Waals surface area contributed by atoms with E-state index in [1.165, 1.54) is 0 Å². The summed E-state index contributed by atoms with van der Waals surface area (Å²) in [6, 6.07) is 3.22. The number of ether oxygens (including phenoxy) is 1. The molecule has 0 atom stereocenters. The fourth-order valence-corrected chi connectivity index (χ4v) is 1.19. The SMILES string of the molecule is CCOc1ccc(NC(=O)NC(C)(C)C)cn1. The third-order valence-electron chi connectivity index (χ3n) is 1.77. The quantitative estimate of drug-likeness (QED) is 0.848. The topological polar surface area (TPSA) is 63.2 Å². The van der Waals surface area contributed by atoms with Gasteiger partial charge in [-0.2, -0.15) is 0 Å². The first-order valence-electron chi connectivity index (χ1n) is 5.59. The first-order valence-corrected chi connectivity index (χ1v) is 5.59. The molecule has 17 heavy (non-hydrogen) atoms. The molecule has 0 aliphatic rings. The summed E-state index contributed by atoms with van der Waals surface area (Å²) in [7, 11) is 0. The lowest BCUT2D eigenvalue weighted by Gasteiger charge is -2.20. The predicted molar refractivity (Wildman–Crippen MR) is 67.3 cm³/mol. The number of aromatic nitrogens is 1. The summed E-state index contributed by atoms with van der Waals surface area (Å²) in [5.41, 5.74) is 0.373. The van der Waals surface area contributed by atoms with Crippen molar-refractivity contribution in [1.29, 1.82) is 0 Å². The minimum Gasteiger partial charge on any atom is -0.478 e. The number of urea groups is 1. The predicted octanol–water partition coefficient (Wildman–Crippen LogP) is 2.40. The van der Waals surface area contributed by atoms with Crippen LogP contribution in [0.2, 0.25) is 0 Å². The van der Waals surface area contributed by atoms with E-state index in [1.807, 2.05) is 27.7 Å². The molecule has 5 heteroatoms. The van der Waals surface area contributed by atoms with Crippen LogP contribution in [0.4, 0.5) is 10.5 Å². The molecule has 2 amide bonds. The lowest BCUT2D eigenvalue weighted by atomic mass is 10.1. The highest BCUT2D eigenvalue weighted by Gasteiger charge is 2.13. The molecule has 0 saturated carbocycles. The molecule has 0 saturated heterocycles. The van der Waals surface area contributed by atoms with Crippen molar-refractivity contribution in [3.8, 4) is 5.88 Å². The summed E-state index contributed by atoms with van der Waals surface area (Å²) in [5.74, 6) is 0.550. The molecule has 94 valence electrons. The third kappa shape index (κ3) is 5.19. The van der Waals surface area contributed by atoms with Crippen LogP contribution in [0.15, 0.2) is 18.3 Å². The number of nitrogens with one attached hydrogen (secondary N) is 2. The number of anilines is 1. The van der Waals surface area contributed by atoms with Crippen LogP contribution < -0.4 is 15.4 Å². The molecule has 0 aliphatic carbocycles. The maximum atomic E-state index is 11.6. The van der Waals surface area contributed by atoms with Gasteiger partial charge in [0.2, 0.25) is 5.88 Å². The second kappa shape index (κ2) is 5.52. The van der Waals surface area contributed by atoms with Crippen molar-refractivity contribution in [3.63, 3.8) is 0 Å². The van der Waals surface area contributed by atoms with Gasteiger partial charge < -0.3 is 15.4 Å². The standard InChI is InChI=1S/C12H19N3O2/c1-5-17-10-7-6-9(8-13-10)14-11(16)15-12(2,3)4/h6-8H,5H2,1-4H3,(H2,14,15,16). The lowest BCUT2D eigenvalue weighted by molar-refractivity contribution is 0.244. The van der Waals surface area contributed by atoms with Gasteiger partial charge in [0.1, 0.15) is 0 Å². The molecular weight excluding hydrogens is 218 g/mol. The van der Waals surface area contributed by atoms with Gasteiger partial charge in [-0.15, -0.1) is 0 Å². The first kappa shape index (κ1) is 13.3. The van der Waals surface area contributed by atoms with Crippen LogP contribution in [0.25, 0.3) is 0 Å². The maximum absolute atomic E-state index is 11.6. The molecule has 1 aromatic heterocycles. The van der Waals surface area contributed by atoms with E-state index in [-0.39, 0.29) is 11.6 Å². The molecule has 0 aromatic carbocycles. The number of amides is 2. The molecule has 0 radical (unpaired) electrons. The minimum absolute atomic E-state index is 0.247. The van der Waals surface area contributed by atoms with Crippen molar-refractivity contribution in [1.82, 2.24) is 10.3 Å². The smallest absolute Gasteiger partial charge is 0.319 e. The van der Waals surface area contributed by atoms with Crippen LogP contribution in [0, 0.1) is 0 Å². The Morgan fingerprint density at radius 3 is 2.59 bits per heavy atom. The Bertz CT molecular complexity index is 368. The molecule has 0 unspecified atom stereocenters. The van der Waals surface area contributed by atoms with Gasteiger partial charge in [-0.3, -0.25) is 0 Å². The summed E-state index contributed by atoms with van der Waals surface area (Å²) < 4.78 is 5.21. The summed E-state index contributed by atoms with van der Waals surface area (Å²) in [4.78, 5) is 15.6. The van der Waals surface area contributed by atoms with Gasteiger partial charge in [-0.25, -0.2) is 9.78 Å². The van der Waals surface area contributed by atoms with Crippen LogP contribution in [0.3, 0.4) is 0 Å². The van der Waals surface area contributed by atoms with E-state index in [0.29, 0.717) is 18.2 Å². The normalized spacial score (nSPS) is 10.8. The zero-order valence-corrected chi connectivity index (χ0v) is 10.7. The third-order valence-corrected chi connectivity index (χ3v) is 1.77. The highest BCUT2D eigenvalue weighted by atomic mass is 16.5. The highest BCUT2D eigenvalue weighted by Crippen LogP contribution is 2.11. The Morgan fingerprint density at radius 1 is 1.41 bits per heavy atom. The van der Waals surface area contributed by atoms with Crippen molar-refractivity contribution in [2.45, 2.75) is 33.2 Å². The average Bonchev–Trinajstić information content (AvgIpc) is 2.18. The molecule has 0 fully saturated rings. The van der Waals surface area contributed by atoms with E-state index in [2.05, 4.69) is 15.6 Å². The van der Waals surface area contributed by atoms with Crippen molar-refractivity contribution in [3.05, 3.63) is 18.3 Å². The molecule has 5 nitrogen and oxygen atoms in total. The molecule has 2 N–H and O–H groups in total. The van der Waals surface area contributed by atoms with Gasteiger partial charge in [-0.1, -0.05) is 0 Å². The lowest BCUT2D eigenvalue weighted by Crippen LogP contribution is -2.43. The number of hydrogen-bond acceptors (Lipinski definition) is 3. The largest absolute Gasteiger partial charge is 0.478 e. The van der Waals surface area contributed by atoms with E-state index in [0.717, 1.165) is 0 Å². The Hall–Kier alpha value is -1.78. The summed E-state index contributed by atoms with van der Waals surface area (Å²) in [5, 5.41) is 5.50. The van der Waals surface area contributed by atoms with Gasteiger partial charge in [0, 0.05) is 11.6 Å². The van der Waals surface area contributed by atoms with Crippen LogP contribution >= 0.6 is 0 Å². The second-order valence-corrected chi connectivity index (χ2v) is 4.65. The van der Waals surface area contributed by atoms with Gasteiger partial charge in [0.05, 0.1) is 18.5 Å². The fourth-order valence-electron chi connectivity index (χ4n) is 1.19. The monoisotopic (exact) mass is 237 g/mol. The van der Waals surface area contributed by atoms with Gasteiger partial charge in [-0.05, 0) is 33.8 Å². The fraction of sp³-hybridized carbons (Fsp3) is 0.500. The number of rotatable bonds is 3. The Morgan fingerprint density at radius 2 is 2.12 bits per heavy atom. The number of carbonyl (C=O) groups is 1. The molecule has 1 heterocycles. The van der Waals surface area contributed by atoms with E-state index in [4.69, 9.17) is 4.74 Å². The van der Waals surface area contributed by atoms with Crippen LogP contribution in [0.1, 0.15) is 27.7 Å². The van der Waals surface area contributed by atoms with Gasteiger partial charge >= 0.3 is 6.03 Å². The first-order chi connectivity index (χ1) is 7.90. The average molecular weight is 237 g/mol. The van der Waals surface area contributed by atoms with Gasteiger partial charge in [0.15, 0.2) is 0 Å². The van der Waals surface area contributed by atoms with E-state index >= 15 is 0 Å². The Labute approximate surface area is 102 Å². The van der Waals surface area contributed by atoms with E-state index in [1.54, 1.807) is 18.3 Å². The maximum Gasteiger partial charge on any atom is 0.319 e. The summed E-state index contributed by atoms with van der Waals surface area (Å²) >= 11 is 0. The summed E-state index contributed by atoms with van der Waals surface area (Å²) in [6.45, 7) is 8.23. The van der Waals surface area contributed by atoms with Crippen molar-refractivity contribution >= 4 is 11.7 Å². The summed E-state index contributed by atoms with van der Waals surface area (Å²) in [6.07, 6.45) is 1.56. The van der Waals surface area contributed by atoms with Gasteiger partial charge in [0.25, 0.3) is 0 Å². The highest BCUT2D eigenvalue weighted by molar-refractivity contribution is 5.89. The van der Waals surface area contributed by atoms with Crippen LogP contribution in [0.5, 0.6) is 5.88 Å². The molecule has 0 aliphatic heterocycles. The van der Waals surface area contributed by atoms with E-state index < -0.39 is 0 Å². The molecule has 1 aromatic rings. The zero-order valence-electron chi connectivity index (χ0n) is 10.7. The van der Waals surface area contributed by atoms with Crippen molar-refractivity contribution in [2.24, 2.45) is 0 Å². The van der Waals surface area contributed by atoms with Crippen molar-refractivity contribution in [2.75, 3.05) is 11.9 Å². The number of carbonyl (C=O) groups excluding carboxylic acids is 1. The number of pyridine rings is 1. The Balaban J connectivity index is 2.54. The Kier molecular flexibility index (Phi) is 4.31. The number of nitrogens with zero attached hydrogens (tertiary/aromatic N) is 1. The van der Waals surface area contributed by atoms with Crippen LogP contribution in [-0.4, -0.2) is 23.2 Å². The molecule has 1 rings (SSSR count). The molecule has 0 spiro atoms. The van der Waals surface area contributed by atoms with E-state index in [9.17, 15) is 4.79 Å². The zero-order chi connectivity index (χ0) is 12.9. The van der Waals surface area contributed by atoms with Crippen molar-refractivity contribution < 1.29 is 9.53 Å². The second-order valence-electron chi connectivity index (χ2n) is 4.65. The minimum atomic E-state index is -0.261. The van der Waals surface area contributed by atoms with Crippen LogP contribution in [-0.2, 0) is 0 Å². The molecular formula is C12H19N3O2. The number of hydrogen-bond donors (Lipinski definition) is 2.